The van der Waals surface area contributed by atoms with Crippen molar-refractivity contribution in [3.8, 4) is 5.75 Å². The number of para-hydroxylation sites is 1. The van der Waals surface area contributed by atoms with Gasteiger partial charge in [0.15, 0.2) is 5.78 Å². The van der Waals surface area contributed by atoms with Gasteiger partial charge in [-0.25, -0.2) is 0 Å². The Labute approximate surface area is 191 Å². The van der Waals surface area contributed by atoms with Crippen molar-refractivity contribution >= 4 is 11.6 Å². The Bertz CT molecular complexity index is 814. The normalized spacial score (nSPS) is 10.5. The highest BCUT2D eigenvalue weighted by molar-refractivity contribution is 5.91. The molecule has 0 fully saturated rings. The Balaban J connectivity index is 0. The number of rotatable bonds is 13. The summed E-state index contributed by atoms with van der Waals surface area (Å²) in [6.45, 7) is 6.12. The number of carbonyl (C=O) groups is 2. The van der Waals surface area contributed by atoms with E-state index >= 15 is 0 Å². The van der Waals surface area contributed by atoms with Crippen LogP contribution in [0.3, 0.4) is 0 Å². The van der Waals surface area contributed by atoms with Gasteiger partial charge in [0.05, 0.1) is 0 Å². The predicted molar refractivity (Wildman–Crippen MR) is 134 cm³/mol. The number of benzene rings is 2. The zero-order chi connectivity index (χ0) is 22.9. The van der Waals surface area contributed by atoms with Crippen LogP contribution in [0.15, 0.2) is 60.7 Å². The second-order valence-electron chi connectivity index (χ2n) is 7.48. The van der Waals surface area contributed by atoms with Gasteiger partial charge < -0.3 is 5.11 Å². The number of phenolic OH excluding ortho intramolecular Hbond substituents is 1. The van der Waals surface area contributed by atoms with Crippen molar-refractivity contribution < 1.29 is 17.5 Å². The van der Waals surface area contributed by atoms with E-state index in [9.17, 15) is 14.7 Å². The van der Waals surface area contributed by atoms with Crippen LogP contribution in [-0.4, -0.2) is 16.7 Å². The van der Waals surface area contributed by atoms with Crippen molar-refractivity contribution in [3.63, 3.8) is 0 Å². The third-order valence-electron chi connectivity index (χ3n) is 5.10. The Hall–Kier alpha value is -2.68. The SMILES string of the molecule is CC.CCc1ccc(CC(=O)/C=C\CCCCCC(=O)CCc2ccccc2O)cc1.[HH].[HH]. The first kappa shape index (κ1) is 26.4. The zero-order valence-electron chi connectivity index (χ0n) is 19.4. The summed E-state index contributed by atoms with van der Waals surface area (Å²) in [5, 5.41) is 9.72. The molecular formula is C28H42O3. The van der Waals surface area contributed by atoms with Crippen molar-refractivity contribution in [1.29, 1.82) is 0 Å². The number of aryl methyl sites for hydroxylation is 2. The second kappa shape index (κ2) is 16.1. The highest BCUT2D eigenvalue weighted by Gasteiger charge is 2.05. The topological polar surface area (TPSA) is 54.4 Å². The lowest BCUT2D eigenvalue weighted by molar-refractivity contribution is -0.119. The van der Waals surface area contributed by atoms with E-state index in [1.165, 1.54) is 5.56 Å². The lowest BCUT2D eigenvalue weighted by atomic mass is 10.0. The molecule has 172 valence electrons. The number of aromatic hydroxyl groups is 1. The van der Waals surface area contributed by atoms with Gasteiger partial charge in [-0.15, -0.1) is 0 Å². The summed E-state index contributed by atoms with van der Waals surface area (Å²) in [6.07, 6.45) is 10.5. The van der Waals surface area contributed by atoms with E-state index in [2.05, 4.69) is 19.1 Å². The first-order chi connectivity index (χ1) is 15.1. The van der Waals surface area contributed by atoms with Crippen molar-refractivity contribution in [1.82, 2.24) is 0 Å². The second-order valence-corrected chi connectivity index (χ2v) is 7.48. The average Bonchev–Trinajstić information content (AvgIpc) is 2.79. The van der Waals surface area contributed by atoms with Crippen molar-refractivity contribution in [2.75, 3.05) is 0 Å². The Kier molecular flexibility index (Phi) is 13.7. The number of allylic oxidation sites excluding steroid dienone is 2. The van der Waals surface area contributed by atoms with Gasteiger partial charge in [0.25, 0.3) is 0 Å². The molecule has 31 heavy (non-hydrogen) atoms. The summed E-state index contributed by atoms with van der Waals surface area (Å²) in [6, 6.07) is 15.4. The van der Waals surface area contributed by atoms with Crippen molar-refractivity contribution in [2.24, 2.45) is 0 Å². The fraction of sp³-hybridized carbons (Fsp3) is 0.429. The minimum absolute atomic E-state index is 0. The molecule has 0 amide bonds. The maximum absolute atomic E-state index is 12.0. The molecule has 0 bridgehead atoms. The van der Waals surface area contributed by atoms with E-state index in [-0.39, 0.29) is 20.2 Å². The van der Waals surface area contributed by atoms with E-state index in [0.717, 1.165) is 43.2 Å². The molecule has 1 N–H and O–H groups in total. The number of unbranched alkanes of at least 4 members (excludes halogenated alkanes) is 3. The molecule has 3 nitrogen and oxygen atoms in total. The van der Waals surface area contributed by atoms with Gasteiger partial charge >= 0.3 is 0 Å². The van der Waals surface area contributed by atoms with Crippen molar-refractivity contribution in [3.05, 3.63) is 77.4 Å². The van der Waals surface area contributed by atoms with Gasteiger partial charge in [0, 0.05) is 22.1 Å². The van der Waals surface area contributed by atoms with E-state index in [0.29, 0.717) is 25.7 Å². The molecule has 0 heterocycles. The highest BCUT2D eigenvalue weighted by Crippen LogP contribution is 2.18. The third kappa shape index (κ3) is 11.3. The molecule has 0 aromatic heterocycles. The molecule has 2 aromatic carbocycles. The standard InChI is InChI=1S/C26H32O3.C2H6.2H2/c1-2-21-14-16-22(17-15-21)20-25(28)12-7-5-3-4-6-11-24(27)19-18-23-10-8-9-13-26(23)29;1-2;;/h7-10,12-17,29H,2-6,11,18-20H2,1H3;1-2H3;2*1H/b12-7-;;;. The van der Waals surface area contributed by atoms with Crippen LogP contribution in [0.4, 0.5) is 0 Å². The Morgan fingerprint density at radius 3 is 2.26 bits per heavy atom. The lowest BCUT2D eigenvalue weighted by Gasteiger charge is -2.04. The van der Waals surface area contributed by atoms with Gasteiger partial charge in [0.1, 0.15) is 11.5 Å². The molecule has 0 aliphatic carbocycles. The van der Waals surface area contributed by atoms with Crippen LogP contribution in [0.25, 0.3) is 0 Å². The molecule has 0 radical (unpaired) electrons. The predicted octanol–water partition coefficient (Wildman–Crippen LogP) is 7.29. The number of ketones is 2. The quantitative estimate of drug-likeness (QED) is 0.270. The number of Topliss-reactive ketones (excluding diaryl/α,β-unsaturated/α-hetero) is 1. The maximum atomic E-state index is 12.0. The van der Waals surface area contributed by atoms with Gasteiger partial charge in [-0.1, -0.05) is 75.7 Å². The monoisotopic (exact) mass is 426 g/mol. The fourth-order valence-electron chi connectivity index (χ4n) is 3.25. The van der Waals surface area contributed by atoms with E-state index < -0.39 is 0 Å². The van der Waals surface area contributed by atoms with Gasteiger partial charge in [-0.05, 0) is 60.9 Å². The van der Waals surface area contributed by atoms with Crippen LogP contribution in [0, 0.1) is 0 Å². The minimum atomic E-state index is 0. The van der Waals surface area contributed by atoms with Crippen LogP contribution >= 0.6 is 0 Å². The zero-order valence-corrected chi connectivity index (χ0v) is 19.4. The molecule has 0 unspecified atom stereocenters. The van der Waals surface area contributed by atoms with Gasteiger partial charge in [-0.2, -0.15) is 0 Å². The first-order valence-electron chi connectivity index (χ1n) is 11.6. The summed E-state index contributed by atoms with van der Waals surface area (Å²) in [4.78, 5) is 24.0. The largest absolute Gasteiger partial charge is 0.508 e. The molecule has 3 heteroatoms. The van der Waals surface area contributed by atoms with Crippen LogP contribution in [0.1, 0.15) is 78.8 Å². The van der Waals surface area contributed by atoms with Gasteiger partial charge in [0.2, 0.25) is 0 Å². The number of phenols is 1. The van der Waals surface area contributed by atoms with Crippen LogP contribution in [-0.2, 0) is 28.9 Å². The number of hydrogen-bond acceptors (Lipinski definition) is 3. The summed E-state index contributed by atoms with van der Waals surface area (Å²) in [7, 11) is 0. The molecule has 2 aromatic rings. The van der Waals surface area contributed by atoms with Crippen molar-refractivity contribution in [2.45, 2.75) is 78.6 Å². The van der Waals surface area contributed by atoms with Crippen LogP contribution < -0.4 is 0 Å². The summed E-state index contributed by atoms with van der Waals surface area (Å²) in [5.41, 5.74) is 3.17. The molecule has 0 saturated carbocycles. The van der Waals surface area contributed by atoms with Gasteiger partial charge in [-0.3, -0.25) is 9.59 Å². The smallest absolute Gasteiger partial charge is 0.159 e. The Morgan fingerprint density at radius 2 is 1.58 bits per heavy atom. The van der Waals surface area contributed by atoms with E-state index in [1.807, 2.05) is 44.2 Å². The molecule has 0 saturated heterocycles. The summed E-state index contributed by atoms with van der Waals surface area (Å²) < 4.78 is 0. The maximum Gasteiger partial charge on any atom is 0.159 e. The lowest BCUT2D eigenvalue weighted by Crippen LogP contribution is -2.00. The average molecular weight is 427 g/mol. The highest BCUT2D eigenvalue weighted by atomic mass is 16.3. The molecule has 0 aliphatic rings. The summed E-state index contributed by atoms with van der Waals surface area (Å²) >= 11 is 0. The fourth-order valence-corrected chi connectivity index (χ4v) is 3.25. The summed E-state index contributed by atoms with van der Waals surface area (Å²) in [5.74, 6) is 0.640. The molecule has 0 atom stereocenters. The Morgan fingerprint density at radius 1 is 0.903 bits per heavy atom. The molecule has 2 rings (SSSR count). The van der Waals surface area contributed by atoms with Crippen LogP contribution in [0.2, 0.25) is 0 Å². The van der Waals surface area contributed by atoms with E-state index in [1.54, 1.807) is 18.2 Å². The molecule has 0 aliphatic heterocycles. The van der Waals surface area contributed by atoms with E-state index in [4.69, 9.17) is 0 Å². The number of carbonyl (C=O) groups excluding carboxylic acids is 2. The molecular weight excluding hydrogens is 384 g/mol. The van der Waals surface area contributed by atoms with Crippen LogP contribution in [0.5, 0.6) is 5.75 Å². The third-order valence-corrected chi connectivity index (χ3v) is 5.10. The molecule has 0 spiro atoms. The number of hydrogen-bond donors (Lipinski definition) is 1. The minimum Gasteiger partial charge on any atom is -0.508 e. The first-order valence-corrected chi connectivity index (χ1v) is 11.6.